The number of carbonyl (C=O) groups excluding carboxylic acids is 1. The Labute approximate surface area is 155 Å². The molecule has 0 aliphatic rings. The van der Waals surface area contributed by atoms with Crippen molar-refractivity contribution in [3.05, 3.63) is 58.2 Å². The molecule has 1 N–H and O–H groups in total. The summed E-state index contributed by atoms with van der Waals surface area (Å²) >= 11 is 1.51. The van der Waals surface area contributed by atoms with Gasteiger partial charge in [-0.3, -0.25) is 4.79 Å². The van der Waals surface area contributed by atoms with E-state index < -0.39 is 0 Å². The molecule has 1 atom stereocenters. The van der Waals surface area contributed by atoms with Crippen LogP contribution < -0.4 is 14.8 Å². The van der Waals surface area contributed by atoms with E-state index in [9.17, 15) is 4.79 Å². The number of nitrogens with zero attached hydrogens (tertiary/aromatic N) is 2. The summed E-state index contributed by atoms with van der Waals surface area (Å²) in [6.45, 7) is 3.91. The molecule has 3 aromatic rings. The number of hydrogen-bond acceptors (Lipinski definition) is 7. The maximum atomic E-state index is 12.3. The number of oxazole rings is 1. The van der Waals surface area contributed by atoms with E-state index in [-0.39, 0.29) is 24.2 Å². The molecule has 0 bridgehead atoms. The van der Waals surface area contributed by atoms with E-state index in [2.05, 4.69) is 15.3 Å². The molecule has 0 saturated heterocycles. The second kappa shape index (κ2) is 8.01. The van der Waals surface area contributed by atoms with Crippen LogP contribution in [0.5, 0.6) is 11.5 Å². The molecule has 1 aromatic carbocycles. The van der Waals surface area contributed by atoms with E-state index in [1.54, 1.807) is 19.2 Å². The van der Waals surface area contributed by atoms with Crippen molar-refractivity contribution in [2.45, 2.75) is 26.5 Å². The summed E-state index contributed by atoms with van der Waals surface area (Å²) in [5.41, 5.74) is 1.14. The number of hydrogen-bond donors (Lipinski definition) is 1. The molecule has 0 radical (unpaired) electrons. The Bertz CT molecular complexity index is 890. The Morgan fingerprint density at radius 2 is 2.15 bits per heavy atom. The molecule has 3 rings (SSSR count). The summed E-state index contributed by atoms with van der Waals surface area (Å²) in [7, 11) is 1.59. The van der Waals surface area contributed by atoms with E-state index in [0.29, 0.717) is 17.4 Å². The van der Waals surface area contributed by atoms with Crippen LogP contribution in [0.2, 0.25) is 0 Å². The van der Waals surface area contributed by atoms with E-state index in [1.165, 1.54) is 17.6 Å². The molecule has 0 unspecified atom stereocenters. The number of nitrogens with one attached hydrogen (secondary N) is 1. The van der Waals surface area contributed by atoms with Crippen molar-refractivity contribution in [2.75, 3.05) is 7.11 Å². The summed E-state index contributed by atoms with van der Waals surface area (Å²) in [6.07, 6.45) is 1.32. The predicted molar refractivity (Wildman–Crippen MR) is 96.6 cm³/mol. The van der Waals surface area contributed by atoms with E-state index in [4.69, 9.17) is 13.9 Å². The fourth-order valence-electron chi connectivity index (χ4n) is 2.22. The molecule has 136 valence electrons. The molecule has 0 aliphatic heterocycles. The van der Waals surface area contributed by atoms with Gasteiger partial charge in [-0.2, -0.15) is 0 Å². The summed E-state index contributed by atoms with van der Waals surface area (Å²) < 4.78 is 16.1. The standard InChI is InChI=1S/C18H19N3O4S/c1-11-10-26-18(19-11)12(2)20-17(22)15-8-25-16(21-15)9-24-14-6-4-5-13(7-14)23-3/h4-8,10,12H,9H2,1-3H3,(H,20,22)/t12-/m1/s1. The third-order valence-electron chi connectivity index (χ3n) is 3.54. The highest BCUT2D eigenvalue weighted by molar-refractivity contribution is 7.09. The Balaban J connectivity index is 1.57. The zero-order chi connectivity index (χ0) is 18.5. The van der Waals surface area contributed by atoms with Crippen LogP contribution in [0.4, 0.5) is 0 Å². The van der Waals surface area contributed by atoms with Gasteiger partial charge >= 0.3 is 0 Å². The van der Waals surface area contributed by atoms with Gasteiger partial charge in [0.05, 0.1) is 13.2 Å². The van der Waals surface area contributed by atoms with E-state index in [1.807, 2.05) is 31.4 Å². The highest BCUT2D eigenvalue weighted by Gasteiger charge is 2.17. The van der Waals surface area contributed by atoms with Gasteiger partial charge in [-0.1, -0.05) is 6.07 Å². The topological polar surface area (TPSA) is 86.5 Å². The Hall–Kier alpha value is -2.87. The molecule has 0 spiro atoms. The number of methoxy groups -OCH3 is 1. The fraction of sp³-hybridized carbons (Fsp3) is 0.278. The van der Waals surface area contributed by atoms with Crippen molar-refractivity contribution < 1.29 is 18.7 Å². The zero-order valence-corrected chi connectivity index (χ0v) is 15.5. The minimum absolute atomic E-state index is 0.113. The van der Waals surface area contributed by atoms with Gasteiger partial charge in [0, 0.05) is 17.1 Å². The van der Waals surface area contributed by atoms with Crippen molar-refractivity contribution in [1.29, 1.82) is 0 Å². The van der Waals surface area contributed by atoms with Gasteiger partial charge < -0.3 is 19.2 Å². The normalized spacial score (nSPS) is 11.8. The van der Waals surface area contributed by atoms with Gasteiger partial charge in [0.1, 0.15) is 22.8 Å². The number of carbonyl (C=O) groups is 1. The molecule has 8 heteroatoms. The zero-order valence-electron chi connectivity index (χ0n) is 14.7. The van der Waals surface area contributed by atoms with Crippen LogP contribution in [0.15, 0.2) is 40.3 Å². The van der Waals surface area contributed by atoms with Gasteiger partial charge in [-0.25, -0.2) is 9.97 Å². The molecule has 0 aliphatic carbocycles. The molecule has 0 saturated carbocycles. The van der Waals surface area contributed by atoms with Crippen LogP contribution in [-0.2, 0) is 6.61 Å². The number of aromatic nitrogens is 2. The minimum Gasteiger partial charge on any atom is -0.497 e. The lowest BCUT2D eigenvalue weighted by Crippen LogP contribution is -2.26. The van der Waals surface area contributed by atoms with Crippen LogP contribution in [0.3, 0.4) is 0 Å². The second-order valence-corrected chi connectivity index (χ2v) is 6.51. The predicted octanol–water partition coefficient (Wildman–Crippen LogP) is 3.52. The highest BCUT2D eigenvalue weighted by Crippen LogP contribution is 2.20. The maximum Gasteiger partial charge on any atom is 0.273 e. The van der Waals surface area contributed by atoms with Crippen molar-refractivity contribution in [3.8, 4) is 11.5 Å². The number of benzene rings is 1. The van der Waals surface area contributed by atoms with E-state index in [0.717, 1.165) is 10.7 Å². The maximum absolute atomic E-state index is 12.3. The first-order valence-corrected chi connectivity index (χ1v) is 8.87. The molecule has 2 aromatic heterocycles. The molecule has 2 heterocycles. The largest absolute Gasteiger partial charge is 0.497 e. The fourth-order valence-corrected chi connectivity index (χ4v) is 3.02. The first kappa shape index (κ1) is 17.9. The van der Waals surface area contributed by atoms with Crippen LogP contribution in [-0.4, -0.2) is 23.0 Å². The SMILES string of the molecule is COc1cccc(OCc2nc(C(=O)N[C@H](C)c3nc(C)cs3)co2)c1. The number of amides is 1. The van der Waals surface area contributed by atoms with Crippen LogP contribution >= 0.6 is 11.3 Å². The minimum atomic E-state index is -0.318. The lowest BCUT2D eigenvalue weighted by atomic mass is 10.3. The van der Waals surface area contributed by atoms with Crippen LogP contribution in [0, 0.1) is 6.92 Å². The monoisotopic (exact) mass is 373 g/mol. The molecule has 1 amide bonds. The summed E-state index contributed by atoms with van der Waals surface area (Å²) in [5, 5.41) is 5.65. The van der Waals surface area contributed by atoms with Gasteiger partial charge in [-0.15, -0.1) is 11.3 Å². The van der Waals surface area contributed by atoms with Crippen molar-refractivity contribution >= 4 is 17.2 Å². The van der Waals surface area contributed by atoms with Gasteiger partial charge in [-0.05, 0) is 26.0 Å². The molecule has 0 fully saturated rings. The number of rotatable bonds is 7. The third-order valence-corrected chi connectivity index (χ3v) is 4.69. The summed E-state index contributed by atoms with van der Waals surface area (Å²) in [6, 6.07) is 7.01. The number of thiazole rings is 1. The summed E-state index contributed by atoms with van der Waals surface area (Å²) in [4.78, 5) is 20.8. The lowest BCUT2D eigenvalue weighted by Gasteiger charge is -2.09. The highest BCUT2D eigenvalue weighted by atomic mass is 32.1. The molecule has 26 heavy (non-hydrogen) atoms. The Morgan fingerprint density at radius 1 is 1.35 bits per heavy atom. The smallest absolute Gasteiger partial charge is 0.273 e. The lowest BCUT2D eigenvalue weighted by molar-refractivity contribution is 0.0934. The van der Waals surface area contributed by atoms with Gasteiger partial charge in [0.2, 0.25) is 5.89 Å². The first-order valence-electron chi connectivity index (χ1n) is 7.99. The number of ether oxygens (including phenoxy) is 2. The second-order valence-electron chi connectivity index (χ2n) is 5.62. The van der Waals surface area contributed by atoms with Crippen LogP contribution in [0.1, 0.15) is 40.0 Å². The molecule has 7 nitrogen and oxygen atoms in total. The first-order chi connectivity index (χ1) is 12.5. The average molecular weight is 373 g/mol. The van der Waals surface area contributed by atoms with Crippen molar-refractivity contribution in [1.82, 2.24) is 15.3 Å². The summed E-state index contributed by atoms with van der Waals surface area (Å²) in [5.74, 6) is 1.32. The Morgan fingerprint density at radius 3 is 2.88 bits per heavy atom. The number of aryl methyl sites for hydroxylation is 1. The quantitative estimate of drug-likeness (QED) is 0.682. The van der Waals surface area contributed by atoms with E-state index >= 15 is 0 Å². The molecular weight excluding hydrogens is 354 g/mol. The molecular formula is C18H19N3O4S. The Kier molecular flexibility index (Phi) is 5.52. The van der Waals surface area contributed by atoms with Crippen LogP contribution in [0.25, 0.3) is 0 Å². The van der Waals surface area contributed by atoms with Crippen molar-refractivity contribution in [2.24, 2.45) is 0 Å². The average Bonchev–Trinajstić information content (AvgIpc) is 3.29. The van der Waals surface area contributed by atoms with Gasteiger partial charge in [0.25, 0.3) is 5.91 Å². The third kappa shape index (κ3) is 4.40. The van der Waals surface area contributed by atoms with Gasteiger partial charge in [0.15, 0.2) is 12.3 Å². The van der Waals surface area contributed by atoms with Crippen molar-refractivity contribution in [3.63, 3.8) is 0 Å².